The fraction of sp³-hybridized carbons (Fsp3) is 0.150. The Bertz CT molecular complexity index is 1880. The van der Waals surface area contributed by atoms with Crippen LogP contribution in [0, 0.1) is 5.92 Å². The molecule has 0 saturated carbocycles. The van der Waals surface area contributed by atoms with Gasteiger partial charge >= 0.3 is 5.97 Å². The zero-order valence-electron chi connectivity index (χ0n) is 26.9. The van der Waals surface area contributed by atoms with Gasteiger partial charge in [0.1, 0.15) is 5.75 Å². The van der Waals surface area contributed by atoms with E-state index in [2.05, 4.69) is 48.5 Å². The summed E-state index contributed by atoms with van der Waals surface area (Å²) in [5.74, 6) is 1.47. The first-order chi connectivity index (χ1) is 23.4. The van der Waals surface area contributed by atoms with Crippen LogP contribution in [0.3, 0.4) is 0 Å². The number of esters is 1. The first kappa shape index (κ1) is 32.1. The summed E-state index contributed by atoms with van der Waals surface area (Å²) in [4.78, 5) is 27.1. The van der Waals surface area contributed by atoms with Crippen molar-refractivity contribution in [2.75, 3.05) is 18.9 Å². The summed E-state index contributed by atoms with van der Waals surface area (Å²) in [5, 5.41) is 0. The second-order valence-corrected chi connectivity index (χ2v) is 11.7. The van der Waals surface area contributed by atoms with E-state index < -0.39 is 12.1 Å². The molecule has 1 aromatic heterocycles. The van der Waals surface area contributed by atoms with Gasteiger partial charge < -0.3 is 20.9 Å². The molecule has 8 heteroatoms. The molecule has 0 amide bonds. The van der Waals surface area contributed by atoms with Crippen LogP contribution < -0.4 is 16.2 Å². The lowest BCUT2D eigenvalue weighted by molar-refractivity contribution is -0.152. The number of benzene rings is 5. The van der Waals surface area contributed by atoms with Crippen LogP contribution in [0.15, 0.2) is 127 Å². The second-order valence-electron chi connectivity index (χ2n) is 11.7. The fourth-order valence-electron chi connectivity index (χ4n) is 5.12. The first-order valence-electron chi connectivity index (χ1n) is 15.9. The maximum absolute atomic E-state index is 12.4. The van der Waals surface area contributed by atoms with Gasteiger partial charge in [-0.1, -0.05) is 116 Å². The molecule has 48 heavy (non-hydrogen) atoms. The highest BCUT2D eigenvalue weighted by molar-refractivity contribution is 5.78. The number of hydrogen-bond acceptors (Lipinski definition) is 8. The highest BCUT2D eigenvalue weighted by atomic mass is 16.6. The van der Waals surface area contributed by atoms with Crippen LogP contribution in [0.1, 0.15) is 13.8 Å². The molecule has 0 spiro atoms. The molecule has 0 aliphatic rings. The topological polar surface area (TPSA) is 126 Å². The van der Waals surface area contributed by atoms with Crippen LogP contribution in [-0.4, -0.2) is 40.2 Å². The molecule has 6 aromatic rings. The van der Waals surface area contributed by atoms with Crippen LogP contribution in [0.5, 0.6) is 5.75 Å². The van der Waals surface area contributed by atoms with Crippen LogP contribution in [0.25, 0.3) is 56.4 Å². The van der Waals surface area contributed by atoms with Crippen molar-refractivity contribution in [3.8, 4) is 62.2 Å². The van der Waals surface area contributed by atoms with Crippen molar-refractivity contribution in [2.24, 2.45) is 11.7 Å². The predicted octanol–water partition coefficient (Wildman–Crippen LogP) is 7.69. The Kier molecular flexibility index (Phi) is 9.83. The maximum atomic E-state index is 12.4. The van der Waals surface area contributed by atoms with E-state index in [-0.39, 0.29) is 12.5 Å². The van der Waals surface area contributed by atoms with Crippen molar-refractivity contribution in [1.29, 1.82) is 0 Å². The van der Waals surface area contributed by atoms with Gasteiger partial charge in [-0.2, -0.15) is 0 Å². The van der Waals surface area contributed by atoms with Crippen molar-refractivity contribution < 1.29 is 14.3 Å². The van der Waals surface area contributed by atoms with Gasteiger partial charge in [-0.05, 0) is 47.9 Å². The Morgan fingerprint density at radius 3 is 1.56 bits per heavy atom. The number of hydrogen-bond donors (Lipinski definition) is 2. The van der Waals surface area contributed by atoms with Crippen molar-refractivity contribution in [2.45, 2.75) is 20.0 Å². The summed E-state index contributed by atoms with van der Waals surface area (Å²) in [5.41, 5.74) is 19.3. The Morgan fingerprint density at radius 2 is 1.08 bits per heavy atom. The summed E-state index contributed by atoms with van der Waals surface area (Å²) in [6, 6.07) is 41.9. The molecule has 0 radical (unpaired) electrons. The van der Waals surface area contributed by atoms with Gasteiger partial charge in [0.15, 0.2) is 23.6 Å². The number of aromatic nitrogens is 3. The van der Waals surface area contributed by atoms with E-state index in [1.807, 2.05) is 67.6 Å². The van der Waals surface area contributed by atoms with Crippen LogP contribution >= 0.6 is 0 Å². The van der Waals surface area contributed by atoms with E-state index in [0.717, 1.165) is 33.4 Å². The van der Waals surface area contributed by atoms with Crippen molar-refractivity contribution in [1.82, 2.24) is 15.0 Å². The van der Waals surface area contributed by atoms with Crippen LogP contribution in [0.2, 0.25) is 0 Å². The van der Waals surface area contributed by atoms with Gasteiger partial charge in [-0.15, -0.1) is 0 Å². The number of nitrogens with two attached hydrogens (primary N) is 2. The van der Waals surface area contributed by atoms with E-state index in [9.17, 15) is 4.79 Å². The molecule has 1 heterocycles. The van der Waals surface area contributed by atoms with E-state index in [1.165, 1.54) is 0 Å². The molecule has 0 aliphatic carbocycles. The lowest BCUT2D eigenvalue weighted by atomic mass is 10.0. The molecule has 0 saturated heterocycles. The molecule has 0 aliphatic heterocycles. The minimum absolute atomic E-state index is 0.0646. The maximum Gasteiger partial charge on any atom is 0.347 e. The normalized spacial score (nSPS) is 12.2. The minimum atomic E-state index is -0.826. The monoisotopic (exact) mass is 635 g/mol. The summed E-state index contributed by atoms with van der Waals surface area (Å²) >= 11 is 0. The molecular weight excluding hydrogens is 598 g/mol. The Labute approximate surface area is 280 Å². The quantitative estimate of drug-likeness (QED) is 0.110. The van der Waals surface area contributed by atoms with E-state index in [4.69, 9.17) is 35.9 Å². The number of nitrogen functional groups attached to an aromatic ring is 1. The van der Waals surface area contributed by atoms with E-state index in [1.54, 1.807) is 25.1 Å². The van der Waals surface area contributed by atoms with Gasteiger partial charge in [-0.3, -0.25) is 0 Å². The zero-order valence-corrected chi connectivity index (χ0v) is 26.9. The molecule has 4 N–H and O–H groups in total. The lowest BCUT2D eigenvalue weighted by Crippen LogP contribution is -2.29. The molecule has 2 unspecified atom stereocenters. The average Bonchev–Trinajstić information content (AvgIpc) is 3.14. The number of ether oxygens (including phenoxy) is 2. The largest absolute Gasteiger partial charge is 0.479 e. The molecule has 2 atom stereocenters. The van der Waals surface area contributed by atoms with Gasteiger partial charge in [0.05, 0.1) is 6.61 Å². The zero-order chi connectivity index (χ0) is 33.5. The highest BCUT2D eigenvalue weighted by Crippen LogP contribution is 2.32. The predicted molar refractivity (Wildman–Crippen MR) is 191 cm³/mol. The molecule has 240 valence electrons. The number of rotatable bonds is 11. The Morgan fingerprint density at radius 1 is 0.625 bits per heavy atom. The van der Waals surface area contributed by atoms with Crippen molar-refractivity contribution in [3.63, 3.8) is 0 Å². The Hall–Kier alpha value is -5.86. The SMILES string of the molecule is CC(CN)COC(=O)C(C)Oc1ccc(-c2nc(-c3ccc(-c4ccccc4)cc3)nc(-c3ccc(-c4ccccc4)cc3)n2)c(N)c1. The van der Waals surface area contributed by atoms with Crippen molar-refractivity contribution >= 4 is 11.7 Å². The third-order valence-electron chi connectivity index (χ3n) is 7.96. The standard InChI is InChI=1S/C40H37N5O3/c1-26(24-41)25-47-40(46)27(2)48-34-21-22-35(36(42)23-34)39-44-37(32-17-13-30(14-18-32)28-9-5-3-6-10-28)43-38(45-39)33-19-15-31(16-20-33)29-11-7-4-8-12-29/h3-23,26-27H,24-25,41-42H2,1-2H3. The molecule has 0 fully saturated rings. The first-order valence-corrected chi connectivity index (χ1v) is 15.9. The smallest absolute Gasteiger partial charge is 0.347 e. The molecule has 0 bridgehead atoms. The average molecular weight is 636 g/mol. The fourth-order valence-corrected chi connectivity index (χ4v) is 5.12. The van der Waals surface area contributed by atoms with Gasteiger partial charge in [0, 0.05) is 34.4 Å². The summed E-state index contributed by atoms with van der Waals surface area (Å²) in [6.45, 7) is 4.21. The summed E-state index contributed by atoms with van der Waals surface area (Å²) < 4.78 is 11.2. The molecule has 8 nitrogen and oxygen atoms in total. The minimum Gasteiger partial charge on any atom is -0.479 e. The van der Waals surface area contributed by atoms with Crippen molar-refractivity contribution in [3.05, 3.63) is 127 Å². The van der Waals surface area contributed by atoms with Gasteiger partial charge in [0.25, 0.3) is 0 Å². The number of nitrogens with zero attached hydrogens (tertiary/aromatic N) is 3. The third kappa shape index (κ3) is 7.57. The summed E-state index contributed by atoms with van der Waals surface area (Å²) in [7, 11) is 0. The highest BCUT2D eigenvalue weighted by Gasteiger charge is 2.19. The third-order valence-corrected chi connectivity index (χ3v) is 7.96. The van der Waals surface area contributed by atoms with E-state index in [0.29, 0.717) is 41.0 Å². The molecule has 5 aromatic carbocycles. The second kappa shape index (κ2) is 14.7. The number of anilines is 1. The number of carbonyl (C=O) groups is 1. The lowest BCUT2D eigenvalue weighted by Gasteiger charge is -2.16. The van der Waals surface area contributed by atoms with Crippen LogP contribution in [0.4, 0.5) is 5.69 Å². The Balaban J connectivity index is 1.33. The summed E-state index contributed by atoms with van der Waals surface area (Å²) in [6.07, 6.45) is -0.826. The number of carbonyl (C=O) groups excluding carboxylic acids is 1. The molecule has 6 rings (SSSR count). The van der Waals surface area contributed by atoms with E-state index >= 15 is 0 Å². The van der Waals surface area contributed by atoms with Gasteiger partial charge in [0.2, 0.25) is 0 Å². The molecular formula is C40H37N5O3. The van der Waals surface area contributed by atoms with Crippen LogP contribution in [-0.2, 0) is 9.53 Å². The van der Waals surface area contributed by atoms with Gasteiger partial charge in [-0.25, -0.2) is 19.7 Å².